The molecule has 0 saturated heterocycles. The van der Waals surface area contributed by atoms with E-state index in [-0.39, 0.29) is 11.8 Å². The number of rotatable bonds is 3. The number of carboxylic acids is 1. The third-order valence-electron chi connectivity index (χ3n) is 4.67. The van der Waals surface area contributed by atoms with Gasteiger partial charge in [-0.25, -0.2) is 0 Å². The predicted molar refractivity (Wildman–Crippen MR) is 76.7 cm³/mol. The standard InChI is InChI=1S/C16H19NO4/c1-8-4-11(12(5-8)16(20)21)15(19)9-2-3-13-10(6-9)7-14(18)17-13/h2-3,6,8,11-12,15,19H,4-5,7H2,1H3,(H,17,18)(H,20,21). The molecule has 4 atom stereocenters. The van der Waals surface area contributed by atoms with Crippen molar-refractivity contribution in [3.05, 3.63) is 29.3 Å². The van der Waals surface area contributed by atoms with Crippen LogP contribution in [0.25, 0.3) is 0 Å². The molecule has 1 aliphatic heterocycles. The highest BCUT2D eigenvalue weighted by Crippen LogP contribution is 2.44. The predicted octanol–water partition coefficient (Wildman–Crippen LogP) is 1.96. The number of carbonyl (C=O) groups excluding carboxylic acids is 1. The Hall–Kier alpha value is -1.88. The van der Waals surface area contributed by atoms with Crippen molar-refractivity contribution >= 4 is 17.6 Å². The van der Waals surface area contributed by atoms with Crippen molar-refractivity contribution in [1.82, 2.24) is 0 Å². The lowest BCUT2D eigenvalue weighted by Crippen LogP contribution is -2.23. The first-order chi connectivity index (χ1) is 9.95. The Morgan fingerprint density at radius 2 is 2.14 bits per heavy atom. The highest BCUT2D eigenvalue weighted by atomic mass is 16.4. The topological polar surface area (TPSA) is 86.6 Å². The second kappa shape index (κ2) is 5.15. The van der Waals surface area contributed by atoms with Crippen molar-refractivity contribution in [3.63, 3.8) is 0 Å². The van der Waals surface area contributed by atoms with E-state index in [9.17, 15) is 19.8 Å². The fourth-order valence-electron chi connectivity index (χ4n) is 3.65. The summed E-state index contributed by atoms with van der Waals surface area (Å²) in [6.07, 6.45) is 0.852. The summed E-state index contributed by atoms with van der Waals surface area (Å²) in [7, 11) is 0. The maximum Gasteiger partial charge on any atom is 0.306 e. The minimum absolute atomic E-state index is 0.0467. The van der Waals surface area contributed by atoms with Gasteiger partial charge in [-0.05, 0) is 36.0 Å². The Balaban J connectivity index is 1.85. The van der Waals surface area contributed by atoms with Gasteiger partial charge in [0.05, 0.1) is 18.4 Å². The molecule has 1 amide bonds. The number of aliphatic hydroxyl groups excluding tert-OH is 1. The number of hydrogen-bond acceptors (Lipinski definition) is 3. The van der Waals surface area contributed by atoms with Gasteiger partial charge in [-0.2, -0.15) is 0 Å². The van der Waals surface area contributed by atoms with Gasteiger partial charge in [0, 0.05) is 11.6 Å². The van der Waals surface area contributed by atoms with Crippen LogP contribution in [0.1, 0.15) is 37.0 Å². The smallest absolute Gasteiger partial charge is 0.306 e. The largest absolute Gasteiger partial charge is 0.481 e. The fraction of sp³-hybridized carbons (Fsp3) is 0.500. The minimum atomic E-state index is -0.832. The zero-order chi connectivity index (χ0) is 15.1. The average molecular weight is 289 g/mol. The van der Waals surface area contributed by atoms with Gasteiger partial charge in [-0.3, -0.25) is 9.59 Å². The number of carbonyl (C=O) groups is 2. The molecule has 0 bridgehead atoms. The van der Waals surface area contributed by atoms with E-state index < -0.39 is 18.0 Å². The number of anilines is 1. The summed E-state index contributed by atoms with van der Waals surface area (Å²) in [5, 5.41) is 22.7. The molecule has 1 aliphatic carbocycles. The van der Waals surface area contributed by atoms with E-state index >= 15 is 0 Å². The Morgan fingerprint density at radius 3 is 2.86 bits per heavy atom. The second-order valence-electron chi connectivity index (χ2n) is 6.27. The van der Waals surface area contributed by atoms with Crippen LogP contribution in [-0.4, -0.2) is 22.1 Å². The number of nitrogens with one attached hydrogen (secondary N) is 1. The van der Waals surface area contributed by atoms with Crippen LogP contribution in [0.4, 0.5) is 5.69 Å². The number of aliphatic hydroxyl groups is 1. The summed E-state index contributed by atoms with van der Waals surface area (Å²) >= 11 is 0. The molecule has 2 aliphatic rings. The van der Waals surface area contributed by atoms with Crippen LogP contribution in [0.5, 0.6) is 0 Å². The number of hydrogen-bond donors (Lipinski definition) is 3. The molecule has 21 heavy (non-hydrogen) atoms. The molecule has 1 heterocycles. The lowest BCUT2D eigenvalue weighted by molar-refractivity contribution is -0.144. The lowest BCUT2D eigenvalue weighted by atomic mass is 9.86. The van der Waals surface area contributed by atoms with Crippen molar-refractivity contribution in [2.75, 3.05) is 5.32 Å². The van der Waals surface area contributed by atoms with Crippen molar-refractivity contribution in [2.45, 2.75) is 32.3 Å². The Bertz CT molecular complexity index is 598. The molecular weight excluding hydrogens is 270 g/mol. The van der Waals surface area contributed by atoms with E-state index in [2.05, 4.69) is 5.32 Å². The number of aliphatic carboxylic acids is 1. The molecule has 1 aromatic rings. The van der Waals surface area contributed by atoms with Gasteiger partial charge < -0.3 is 15.5 Å². The zero-order valence-electron chi connectivity index (χ0n) is 11.9. The summed E-state index contributed by atoms with van der Waals surface area (Å²) in [4.78, 5) is 22.7. The Morgan fingerprint density at radius 1 is 1.38 bits per heavy atom. The van der Waals surface area contributed by atoms with E-state index in [1.807, 2.05) is 13.0 Å². The normalized spacial score (nSPS) is 29.0. The van der Waals surface area contributed by atoms with E-state index in [0.29, 0.717) is 30.7 Å². The number of carboxylic acid groups (broad SMARTS) is 1. The number of benzene rings is 1. The number of fused-ring (bicyclic) bond motifs is 1. The van der Waals surface area contributed by atoms with Crippen molar-refractivity contribution in [2.24, 2.45) is 17.8 Å². The summed E-state index contributed by atoms with van der Waals surface area (Å²) in [6, 6.07) is 5.38. The Labute approximate surface area is 123 Å². The molecule has 112 valence electrons. The van der Waals surface area contributed by atoms with Crippen LogP contribution in [-0.2, 0) is 16.0 Å². The van der Waals surface area contributed by atoms with Crippen molar-refractivity contribution in [1.29, 1.82) is 0 Å². The van der Waals surface area contributed by atoms with Crippen LogP contribution < -0.4 is 5.32 Å². The molecule has 4 unspecified atom stereocenters. The van der Waals surface area contributed by atoms with Gasteiger partial charge in [-0.1, -0.05) is 19.1 Å². The maximum absolute atomic E-state index is 11.4. The summed E-state index contributed by atoms with van der Waals surface area (Å²) in [6.45, 7) is 2.02. The first-order valence-corrected chi connectivity index (χ1v) is 7.29. The van der Waals surface area contributed by atoms with Gasteiger partial charge in [-0.15, -0.1) is 0 Å². The molecule has 1 aromatic carbocycles. The van der Waals surface area contributed by atoms with Crippen molar-refractivity contribution < 1.29 is 19.8 Å². The van der Waals surface area contributed by atoms with E-state index in [4.69, 9.17) is 0 Å². The summed E-state index contributed by atoms with van der Waals surface area (Å²) < 4.78 is 0. The highest BCUT2D eigenvalue weighted by Gasteiger charge is 2.41. The maximum atomic E-state index is 11.4. The summed E-state index contributed by atoms with van der Waals surface area (Å²) in [5.41, 5.74) is 2.36. The van der Waals surface area contributed by atoms with E-state index in [0.717, 1.165) is 11.3 Å². The third-order valence-corrected chi connectivity index (χ3v) is 4.67. The molecule has 0 spiro atoms. The molecule has 0 radical (unpaired) electrons. The Kier molecular flexibility index (Phi) is 3.45. The molecule has 5 heteroatoms. The number of amides is 1. The molecule has 1 saturated carbocycles. The van der Waals surface area contributed by atoms with Crippen LogP contribution in [0.15, 0.2) is 18.2 Å². The molecule has 0 aromatic heterocycles. The third kappa shape index (κ3) is 2.53. The quantitative estimate of drug-likeness (QED) is 0.794. The molecular formula is C16H19NO4. The molecule has 5 nitrogen and oxygen atoms in total. The molecule has 3 N–H and O–H groups in total. The van der Waals surface area contributed by atoms with Crippen LogP contribution in [0, 0.1) is 17.8 Å². The summed E-state index contributed by atoms with van der Waals surface area (Å²) in [5.74, 6) is -1.33. The lowest BCUT2D eigenvalue weighted by Gasteiger charge is -2.23. The van der Waals surface area contributed by atoms with Crippen LogP contribution >= 0.6 is 0 Å². The molecule has 3 rings (SSSR count). The molecule has 1 fully saturated rings. The minimum Gasteiger partial charge on any atom is -0.481 e. The van der Waals surface area contributed by atoms with E-state index in [1.165, 1.54) is 0 Å². The van der Waals surface area contributed by atoms with Gasteiger partial charge in [0.25, 0.3) is 0 Å². The monoisotopic (exact) mass is 289 g/mol. The fourth-order valence-corrected chi connectivity index (χ4v) is 3.65. The van der Waals surface area contributed by atoms with Gasteiger partial charge >= 0.3 is 5.97 Å². The van der Waals surface area contributed by atoms with Crippen LogP contribution in [0.2, 0.25) is 0 Å². The first-order valence-electron chi connectivity index (χ1n) is 7.29. The zero-order valence-corrected chi connectivity index (χ0v) is 11.9. The first kappa shape index (κ1) is 14.1. The van der Waals surface area contributed by atoms with Crippen molar-refractivity contribution in [3.8, 4) is 0 Å². The SMILES string of the molecule is CC1CC(C(=O)O)C(C(O)c2ccc3c(c2)CC(=O)N3)C1. The second-order valence-corrected chi connectivity index (χ2v) is 6.27. The van der Waals surface area contributed by atoms with E-state index in [1.54, 1.807) is 12.1 Å². The van der Waals surface area contributed by atoms with Gasteiger partial charge in [0.2, 0.25) is 5.91 Å². The van der Waals surface area contributed by atoms with Gasteiger partial charge in [0.15, 0.2) is 0 Å². The van der Waals surface area contributed by atoms with Crippen LogP contribution in [0.3, 0.4) is 0 Å². The highest BCUT2D eigenvalue weighted by molar-refractivity contribution is 5.99. The van der Waals surface area contributed by atoms with Gasteiger partial charge in [0.1, 0.15) is 0 Å². The average Bonchev–Trinajstić information content (AvgIpc) is 2.98.